The highest BCUT2D eigenvalue weighted by Crippen LogP contribution is 2.38. The maximum absolute atomic E-state index is 13.2. The maximum atomic E-state index is 13.2. The van der Waals surface area contributed by atoms with E-state index in [-0.39, 0.29) is 35.4 Å². The third-order valence-corrected chi connectivity index (χ3v) is 10.7. The van der Waals surface area contributed by atoms with Crippen molar-refractivity contribution in [1.29, 1.82) is 0 Å². The van der Waals surface area contributed by atoms with Crippen LogP contribution in [0.15, 0.2) is 95.0 Å². The summed E-state index contributed by atoms with van der Waals surface area (Å²) in [6, 6.07) is 13.3. The number of anilines is 1. The van der Waals surface area contributed by atoms with Crippen LogP contribution in [0.2, 0.25) is 0 Å². The van der Waals surface area contributed by atoms with E-state index in [1.54, 1.807) is 31.5 Å². The van der Waals surface area contributed by atoms with Crippen molar-refractivity contribution in [2.75, 3.05) is 5.32 Å². The fraction of sp³-hybridized carbons (Fsp3) is 0.317. The predicted octanol–water partition coefficient (Wildman–Crippen LogP) is 5.80. The number of nitrogens with zero attached hydrogens (tertiary/aromatic N) is 5. The molecule has 1 saturated heterocycles. The van der Waals surface area contributed by atoms with E-state index in [1.807, 2.05) is 18.2 Å². The first-order valence-corrected chi connectivity index (χ1v) is 18.1. The zero-order chi connectivity index (χ0) is 37.6. The van der Waals surface area contributed by atoms with Crippen LogP contribution in [-0.2, 0) is 21.4 Å². The van der Waals surface area contributed by atoms with Gasteiger partial charge in [0.05, 0.1) is 23.5 Å². The molecule has 4 heterocycles. The lowest BCUT2D eigenvalue weighted by molar-refractivity contribution is -0.136. The summed E-state index contributed by atoms with van der Waals surface area (Å²) in [5.74, 6) is 0.310. The number of aromatic nitrogens is 4. The molecule has 4 amide bonds. The largest absolute Gasteiger partial charge is 0.437 e. The van der Waals surface area contributed by atoms with E-state index in [0.717, 1.165) is 36.3 Å². The number of fused-ring (bicyclic) bond motifs is 1. The molecule has 4 aromatic rings. The second-order valence-corrected chi connectivity index (χ2v) is 14.8. The minimum Gasteiger partial charge on any atom is -0.437 e. The Hall–Kier alpha value is -6.24. The van der Waals surface area contributed by atoms with Crippen LogP contribution in [0.25, 0.3) is 11.5 Å². The number of allylic oxidation sites excluding steroid dienone is 5. The minimum atomic E-state index is -0.975. The predicted molar refractivity (Wildman–Crippen MR) is 197 cm³/mol. The van der Waals surface area contributed by atoms with Crippen LogP contribution < -0.4 is 15.4 Å². The Balaban J connectivity index is 0.848. The summed E-state index contributed by atoms with van der Waals surface area (Å²) >= 11 is 0. The van der Waals surface area contributed by atoms with E-state index in [1.165, 1.54) is 16.7 Å². The summed E-state index contributed by atoms with van der Waals surface area (Å²) in [6.45, 7) is 6.19. The van der Waals surface area contributed by atoms with Crippen LogP contribution in [-0.4, -0.2) is 60.7 Å². The Bertz CT molecular complexity index is 2260. The number of carbonyl (C=O) groups excluding carboxylic acids is 4. The van der Waals surface area contributed by atoms with Gasteiger partial charge in [0.2, 0.25) is 29.4 Å². The van der Waals surface area contributed by atoms with Crippen LogP contribution >= 0.6 is 0 Å². The van der Waals surface area contributed by atoms with Gasteiger partial charge in [-0.1, -0.05) is 61.0 Å². The van der Waals surface area contributed by atoms with Gasteiger partial charge in [0.1, 0.15) is 17.5 Å². The molecule has 1 unspecified atom stereocenters. The number of hydrogen-bond acceptors (Lipinski definition) is 11. The first-order chi connectivity index (χ1) is 26.0. The number of hydrogen-bond donors (Lipinski definition) is 2. The topological polar surface area (TPSA) is 170 Å². The van der Waals surface area contributed by atoms with E-state index in [9.17, 15) is 19.2 Å². The molecule has 2 aliphatic carbocycles. The van der Waals surface area contributed by atoms with Gasteiger partial charge < -0.3 is 14.6 Å². The smallest absolute Gasteiger partial charge is 0.262 e. The number of aryl methyl sites for hydroxylation is 1. The minimum absolute atomic E-state index is 0.0897. The van der Waals surface area contributed by atoms with Crippen molar-refractivity contribution in [3.63, 3.8) is 0 Å². The maximum Gasteiger partial charge on any atom is 0.262 e. The summed E-state index contributed by atoms with van der Waals surface area (Å²) < 4.78 is 11.1. The first-order valence-electron chi connectivity index (χ1n) is 18.1. The molecule has 2 fully saturated rings. The highest BCUT2D eigenvalue weighted by atomic mass is 16.5. The van der Waals surface area contributed by atoms with Crippen molar-refractivity contribution in [2.45, 2.75) is 76.8 Å². The Morgan fingerprint density at radius 1 is 0.981 bits per heavy atom. The molecule has 1 saturated carbocycles. The van der Waals surface area contributed by atoms with E-state index in [2.05, 4.69) is 81.0 Å². The van der Waals surface area contributed by atoms with Crippen molar-refractivity contribution < 1.29 is 28.4 Å². The number of amides is 4. The number of carbonyl (C=O) groups is 4. The van der Waals surface area contributed by atoms with E-state index >= 15 is 0 Å². The summed E-state index contributed by atoms with van der Waals surface area (Å²) in [5, 5.41) is 9.66. The van der Waals surface area contributed by atoms with Gasteiger partial charge in [0.25, 0.3) is 11.8 Å². The SMILES string of the molecule is Cc1nc(-c2cncc(OC3=CC=C(C(C)(C)c4ccc(C[C@H]5C[C@@H](Nc6ccc7c(c6)C(=O)N(C6CCC(=O)NC6=O)C7=O)C5)cc4)CC=C3)n2)no1. The van der Waals surface area contributed by atoms with E-state index < -0.39 is 29.7 Å². The second-order valence-electron chi connectivity index (χ2n) is 14.8. The standard InChI is InChI=1S/C41H39N7O6/c1-23-43-37(47-54-23)33-21-42-22-36(45-33)53-30-6-4-5-26(11-13-30)41(2,3)27-9-7-24(8-10-27)17-25-18-29(19-25)44-28-12-14-31-32(20-28)40(52)48(39(31)51)34-15-16-35(49)46-38(34)50/h4,6-14,20-22,25,29,34,44H,5,15-19H2,1-3H3,(H,46,49,50)/t25-,29+,34?. The number of piperidine rings is 1. The molecule has 13 heteroatoms. The molecular weight excluding hydrogens is 686 g/mol. The summed E-state index contributed by atoms with van der Waals surface area (Å²) in [7, 11) is 0. The van der Waals surface area contributed by atoms with Crippen molar-refractivity contribution in [3.05, 3.63) is 119 Å². The molecule has 2 N–H and O–H groups in total. The van der Waals surface area contributed by atoms with Gasteiger partial charge in [0, 0.05) is 30.5 Å². The zero-order valence-electron chi connectivity index (χ0n) is 30.2. The van der Waals surface area contributed by atoms with Crippen molar-refractivity contribution in [2.24, 2.45) is 5.92 Å². The van der Waals surface area contributed by atoms with Gasteiger partial charge in [-0.25, -0.2) is 4.98 Å². The molecular formula is C41H39N7O6. The lowest BCUT2D eigenvalue weighted by atomic mass is 9.74. The van der Waals surface area contributed by atoms with Crippen molar-refractivity contribution in [3.8, 4) is 17.4 Å². The zero-order valence-corrected chi connectivity index (χ0v) is 30.2. The Morgan fingerprint density at radius 2 is 1.78 bits per heavy atom. The highest BCUT2D eigenvalue weighted by molar-refractivity contribution is 6.23. The number of benzene rings is 2. The fourth-order valence-corrected chi connectivity index (χ4v) is 7.56. The molecule has 54 heavy (non-hydrogen) atoms. The normalized spacial score (nSPS) is 21.2. The monoisotopic (exact) mass is 725 g/mol. The van der Waals surface area contributed by atoms with Crippen LogP contribution in [0, 0.1) is 12.8 Å². The van der Waals surface area contributed by atoms with Gasteiger partial charge in [-0.05, 0) is 79.5 Å². The van der Waals surface area contributed by atoms with E-state index in [4.69, 9.17) is 9.26 Å². The fourth-order valence-electron chi connectivity index (χ4n) is 7.56. The highest BCUT2D eigenvalue weighted by Gasteiger charge is 2.44. The van der Waals surface area contributed by atoms with Crippen LogP contribution in [0.4, 0.5) is 5.69 Å². The van der Waals surface area contributed by atoms with Crippen molar-refractivity contribution in [1.82, 2.24) is 30.3 Å². The van der Waals surface area contributed by atoms with Gasteiger partial charge in [-0.2, -0.15) is 4.98 Å². The average Bonchev–Trinajstić information content (AvgIpc) is 3.57. The van der Waals surface area contributed by atoms with Crippen LogP contribution in [0.1, 0.15) is 83.7 Å². The molecule has 274 valence electrons. The van der Waals surface area contributed by atoms with Gasteiger partial charge >= 0.3 is 0 Å². The summed E-state index contributed by atoms with van der Waals surface area (Å²) in [4.78, 5) is 64.1. The number of rotatable bonds is 10. The molecule has 2 aromatic carbocycles. The molecule has 4 aliphatic rings. The van der Waals surface area contributed by atoms with Gasteiger partial charge in [0.15, 0.2) is 0 Å². The Morgan fingerprint density at radius 3 is 2.54 bits per heavy atom. The third-order valence-electron chi connectivity index (χ3n) is 10.7. The molecule has 0 radical (unpaired) electrons. The van der Waals surface area contributed by atoms with Crippen molar-refractivity contribution >= 4 is 29.3 Å². The quantitative estimate of drug-likeness (QED) is 0.190. The number of ether oxygens (including phenoxy) is 1. The van der Waals surface area contributed by atoms with Crippen LogP contribution in [0.3, 0.4) is 0 Å². The first kappa shape index (κ1) is 34.8. The lowest BCUT2D eigenvalue weighted by Crippen LogP contribution is -2.54. The summed E-state index contributed by atoms with van der Waals surface area (Å²) in [5.41, 5.74) is 5.35. The molecule has 1 atom stereocenters. The molecule has 0 bridgehead atoms. The summed E-state index contributed by atoms with van der Waals surface area (Å²) in [6.07, 6.45) is 15.2. The molecule has 2 aromatic heterocycles. The molecule has 0 spiro atoms. The number of nitrogens with one attached hydrogen (secondary N) is 2. The Labute approximate surface area is 311 Å². The second kappa shape index (κ2) is 14.0. The molecule has 8 rings (SSSR count). The van der Waals surface area contributed by atoms with Crippen LogP contribution in [0.5, 0.6) is 5.88 Å². The molecule has 2 aliphatic heterocycles. The lowest BCUT2D eigenvalue weighted by Gasteiger charge is -2.37. The third kappa shape index (κ3) is 6.84. The Kier molecular flexibility index (Phi) is 9.00. The van der Waals surface area contributed by atoms with Gasteiger partial charge in [-0.3, -0.25) is 34.4 Å². The van der Waals surface area contributed by atoms with E-state index in [0.29, 0.717) is 35.0 Å². The molecule has 13 nitrogen and oxygen atoms in total. The average molecular weight is 726 g/mol. The van der Waals surface area contributed by atoms with Gasteiger partial charge in [-0.15, -0.1) is 0 Å². The number of imide groups is 2.